The summed E-state index contributed by atoms with van der Waals surface area (Å²) >= 11 is 1.50. The fraction of sp³-hybridized carbons (Fsp3) is 0.636. The second-order valence-corrected chi connectivity index (χ2v) is 5.33. The molecule has 1 aromatic rings. The first kappa shape index (κ1) is 15.5. The number of amides is 1. The van der Waals surface area contributed by atoms with E-state index in [0.29, 0.717) is 36.1 Å². The van der Waals surface area contributed by atoms with E-state index < -0.39 is 12.0 Å². The Hall–Kier alpha value is -1.57. The molecule has 1 aromatic heterocycles. The molecule has 0 saturated heterocycles. The zero-order chi connectivity index (χ0) is 14.3. The molecule has 0 fully saturated rings. The molecule has 106 valence electrons. The number of rotatable bonds is 9. The van der Waals surface area contributed by atoms with Crippen molar-refractivity contribution in [1.29, 1.82) is 0 Å². The maximum atomic E-state index is 10.8. The van der Waals surface area contributed by atoms with Gasteiger partial charge >= 0.3 is 5.97 Å². The van der Waals surface area contributed by atoms with Crippen molar-refractivity contribution in [2.45, 2.75) is 38.0 Å². The third kappa shape index (κ3) is 5.29. The second kappa shape index (κ2) is 7.78. The van der Waals surface area contributed by atoms with Crippen molar-refractivity contribution < 1.29 is 19.2 Å². The van der Waals surface area contributed by atoms with Crippen molar-refractivity contribution in [3.8, 4) is 0 Å². The Morgan fingerprint density at radius 2 is 2.32 bits per heavy atom. The third-order valence-corrected chi connectivity index (χ3v) is 3.31. The molecule has 0 bridgehead atoms. The van der Waals surface area contributed by atoms with Gasteiger partial charge in [0.2, 0.25) is 12.3 Å². The number of aliphatic carboxylic acids is 1. The normalized spacial score (nSPS) is 12.4. The van der Waals surface area contributed by atoms with E-state index >= 15 is 0 Å². The first-order valence-electron chi connectivity index (χ1n) is 5.87. The molecule has 0 saturated carbocycles. The smallest absolute Gasteiger partial charge is 0.326 e. The summed E-state index contributed by atoms with van der Waals surface area (Å²) in [5.41, 5.74) is 0. The van der Waals surface area contributed by atoms with Crippen LogP contribution in [0.5, 0.6) is 0 Å². The molecule has 19 heavy (non-hydrogen) atoms. The van der Waals surface area contributed by atoms with Crippen molar-refractivity contribution >= 4 is 24.1 Å². The van der Waals surface area contributed by atoms with Gasteiger partial charge in [0.1, 0.15) is 6.04 Å². The first-order chi connectivity index (χ1) is 9.04. The third-order valence-electron chi connectivity index (χ3n) is 2.33. The highest BCUT2D eigenvalue weighted by atomic mass is 32.2. The predicted molar refractivity (Wildman–Crippen MR) is 69.8 cm³/mol. The van der Waals surface area contributed by atoms with Crippen molar-refractivity contribution in [1.82, 2.24) is 15.5 Å². The number of carbonyl (C=O) groups is 2. The van der Waals surface area contributed by atoms with Crippen molar-refractivity contribution in [2.75, 3.05) is 5.75 Å². The lowest BCUT2D eigenvalue weighted by molar-refractivity contribution is -0.140. The highest BCUT2D eigenvalue weighted by Crippen LogP contribution is 2.15. The molecule has 0 aliphatic heterocycles. The average molecular weight is 287 g/mol. The lowest BCUT2D eigenvalue weighted by atomic mass is 10.2. The molecule has 1 atom stereocenters. The number of carbonyl (C=O) groups excluding carboxylic acids is 1. The summed E-state index contributed by atoms with van der Waals surface area (Å²) < 4.78 is 5.05. The number of aromatic nitrogens is 2. The number of nitrogens with zero attached hydrogens (tertiary/aromatic N) is 2. The van der Waals surface area contributed by atoms with Gasteiger partial charge in [-0.3, -0.25) is 4.79 Å². The molecule has 1 unspecified atom stereocenters. The van der Waals surface area contributed by atoms with E-state index in [1.807, 2.05) is 13.8 Å². The Labute approximate surface area is 115 Å². The Kier molecular flexibility index (Phi) is 6.34. The highest BCUT2D eigenvalue weighted by molar-refractivity contribution is 7.98. The Morgan fingerprint density at radius 1 is 1.58 bits per heavy atom. The molecule has 0 aliphatic carbocycles. The van der Waals surface area contributed by atoms with Gasteiger partial charge in [-0.1, -0.05) is 19.0 Å². The summed E-state index contributed by atoms with van der Waals surface area (Å²) in [6.07, 6.45) is 0.755. The lowest BCUT2D eigenvalue weighted by Gasteiger charge is -2.09. The second-order valence-electron chi connectivity index (χ2n) is 4.22. The van der Waals surface area contributed by atoms with E-state index in [1.54, 1.807) is 0 Å². The molecular weight excluding hydrogens is 270 g/mol. The number of nitrogens with one attached hydrogen (secondary N) is 1. The molecule has 1 rings (SSSR count). The molecule has 0 aliphatic rings. The van der Waals surface area contributed by atoms with Crippen LogP contribution in [0.3, 0.4) is 0 Å². The van der Waals surface area contributed by atoms with Gasteiger partial charge < -0.3 is 14.9 Å². The van der Waals surface area contributed by atoms with Crippen LogP contribution in [-0.4, -0.2) is 39.4 Å². The van der Waals surface area contributed by atoms with Gasteiger partial charge in [0, 0.05) is 5.92 Å². The van der Waals surface area contributed by atoms with E-state index in [9.17, 15) is 9.59 Å². The minimum absolute atomic E-state index is 0.194. The lowest BCUT2D eigenvalue weighted by Crippen LogP contribution is -2.36. The van der Waals surface area contributed by atoms with Crippen LogP contribution >= 0.6 is 11.8 Å². The van der Waals surface area contributed by atoms with E-state index in [0.717, 1.165) is 0 Å². The van der Waals surface area contributed by atoms with Crippen LogP contribution in [0.15, 0.2) is 4.52 Å². The van der Waals surface area contributed by atoms with Gasteiger partial charge in [0.25, 0.3) is 0 Å². The quantitative estimate of drug-likeness (QED) is 0.516. The van der Waals surface area contributed by atoms with Gasteiger partial charge in [-0.15, -0.1) is 0 Å². The van der Waals surface area contributed by atoms with Gasteiger partial charge in [-0.25, -0.2) is 4.79 Å². The minimum Gasteiger partial charge on any atom is -0.480 e. The van der Waals surface area contributed by atoms with Crippen LogP contribution < -0.4 is 5.32 Å². The molecule has 8 heteroatoms. The Balaban J connectivity index is 2.29. The van der Waals surface area contributed by atoms with Crippen LogP contribution in [0.1, 0.15) is 37.9 Å². The maximum Gasteiger partial charge on any atom is 0.326 e. The largest absolute Gasteiger partial charge is 0.480 e. The summed E-state index contributed by atoms with van der Waals surface area (Å²) in [7, 11) is 0. The number of thioether (sulfide) groups is 1. The zero-order valence-corrected chi connectivity index (χ0v) is 11.6. The number of hydrogen-bond donors (Lipinski definition) is 2. The van der Waals surface area contributed by atoms with E-state index in [2.05, 4.69) is 15.5 Å². The van der Waals surface area contributed by atoms with Crippen LogP contribution in [0, 0.1) is 0 Å². The topological polar surface area (TPSA) is 105 Å². The summed E-state index contributed by atoms with van der Waals surface area (Å²) in [5, 5.41) is 14.9. The molecule has 1 amide bonds. The molecule has 0 radical (unpaired) electrons. The fourth-order valence-electron chi connectivity index (χ4n) is 1.29. The van der Waals surface area contributed by atoms with Gasteiger partial charge in [-0.05, 0) is 12.2 Å². The van der Waals surface area contributed by atoms with Crippen molar-refractivity contribution in [3.05, 3.63) is 11.7 Å². The zero-order valence-electron chi connectivity index (χ0n) is 10.8. The molecule has 0 spiro atoms. The minimum atomic E-state index is -1.03. The number of carboxylic acids is 1. The van der Waals surface area contributed by atoms with E-state index in [4.69, 9.17) is 9.63 Å². The van der Waals surface area contributed by atoms with Crippen molar-refractivity contribution in [2.24, 2.45) is 0 Å². The molecule has 0 aromatic carbocycles. The first-order valence-corrected chi connectivity index (χ1v) is 7.02. The summed E-state index contributed by atoms with van der Waals surface area (Å²) in [6.45, 7) is 3.93. The predicted octanol–water partition coefficient (Wildman–Crippen LogP) is 1.02. The van der Waals surface area contributed by atoms with E-state index in [1.165, 1.54) is 11.8 Å². The molecule has 7 nitrogen and oxygen atoms in total. The van der Waals surface area contributed by atoms with E-state index in [-0.39, 0.29) is 5.92 Å². The van der Waals surface area contributed by atoms with Crippen LogP contribution in [0.2, 0.25) is 0 Å². The Bertz CT molecular complexity index is 422. The van der Waals surface area contributed by atoms with Crippen LogP contribution in [0.25, 0.3) is 0 Å². The van der Waals surface area contributed by atoms with Gasteiger partial charge in [0.05, 0.1) is 5.75 Å². The Morgan fingerprint density at radius 3 is 2.84 bits per heavy atom. The van der Waals surface area contributed by atoms with Crippen molar-refractivity contribution in [3.63, 3.8) is 0 Å². The summed E-state index contributed by atoms with van der Waals surface area (Å²) in [4.78, 5) is 25.2. The molecule has 1 heterocycles. The summed E-state index contributed by atoms with van der Waals surface area (Å²) in [5.74, 6) is 1.51. The standard InChI is InChI=1S/C11H17N3O4S/c1-7(2)10-13-9(14-18-10)5-19-4-3-8(11(16)17)12-6-15/h6-8H,3-5H2,1-2H3,(H,12,15)(H,16,17). The average Bonchev–Trinajstić information content (AvgIpc) is 2.81. The number of hydrogen-bond acceptors (Lipinski definition) is 6. The molecule has 2 N–H and O–H groups in total. The van der Waals surface area contributed by atoms with Gasteiger partial charge in [0.15, 0.2) is 5.82 Å². The van der Waals surface area contributed by atoms with Crippen LogP contribution in [0.4, 0.5) is 0 Å². The monoisotopic (exact) mass is 287 g/mol. The summed E-state index contributed by atoms with van der Waals surface area (Å²) in [6, 6.07) is -0.846. The highest BCUT2D eigenvalue weighted by Gasteiger charge is 2.16. The number of carboxylic acid groups (broad SMARTS) is 1. The van der Waals surface area contributed by atoms with Gasteiger partial charge in [-0.2, -0.15) is 16.7 Å². The van der Waals surface area contributed by atoms with Crippen LogP contribution in [-0.2, 0) is 15.3 Å². The fourth-order valence-corrected chi connectivity index (χ4v) is 2.13. The molecular formula is C11H17N3O4S. The SMILES string of the molecule is CC(C)c1nc(CSCCC(NC=O)C(=O)O)no1. The maximum absolute atomic E-state index is 10.8.